The van der Waals surface area contributed by atoms with E-state index in [1.165, 1.54) is 35.6 Å². The van der Waals surface area contributed by atoms with Crippen LogP contribution in [0.15, 0.2) is 59.5 Å². The molecule has 2 aromatic heterocycles. The van der Waals surface area contributed by atoms with E-state index < -0.39 is 10.0 Å². The normalized spacial score (nSPS) is 12.8. The van der Waals surface area contributed by atoms with Gasteiger partial charge in [0, 0.05) is 5.39 Å². The quantitative estimate of drug-likeness (QED) is 0.476. The number of nitrogens with two attached hydrogens (primary N) is 1. The molecular formula is C21H19FN4O3S2. The van der Waals surface area contributed by atoms with Gasteiger partial charge in [-0.15, -0.1) is 11.3 Å². The number of primary sulfonamides is 1. The lowest BCUT2D eigenvalue weighted by Crippen LogP contribution is -2.26. The maximum Gasteiger partial charge on any atom is 0.261 e. The summed E-state index contributed by atoms with van der Waals surface area (Å²) in [5.41, 5.74) is 2.22. The Morgan fingerprint density at radius 3 is 2.42 bits per heavy atom. The molecule has 0 aliphatic rings. The number of benzene rings is 2. The van der Waals surface area contributed by atoms with Gasteiger partial charge < -0.3 is 5.32 Å². The predicted octanol–water partition coefficient (Wildman–Crippen LogP) is 3.67. The third-order valence-corrected chi connectivity index (χ3v) is 6.93. The van der Waals surface area contributed by atoms with E-state index in [-0.39, 0.29) is 22.7 Å². The summed E-state index contributed by atoms with van der Waals surface area (Å²) in [7, 11) is -3.77. The Balaban J connectivity index is 1.58. The van der Waals surface area contributed by atoms with Crippen molar-refractivity contribution in [2.24, 2.45) is 5.14 Å². The number of sulfonamides is 1. The van der Waals surface area contributed by atoms with E-state index in [4.69, 9.17) is 5.14 Å². The first-order valence-electron chi connectivity index (χ1n) is 9.32. The van der Waals surface area contributed by atoms with E-state index in [1.807, 2.05) is 13.8 Å². The molecule has 1 atom stereocenters. The van der Waals surface area contributed by atoms with Crippen LogP contribution in [0, 0.1) is 12.7 Å². The van der Waals surface area contributed by atoms with Crippen LogP contribution < -0.4 is 10.5 Å². The highest BCUT2D eigenvalue weighted by atomic mass is 32.2. The van der Waals surface area contributed by atoms with Crippen LogP contribution >= 0.6 is 11.3 Å². The molecule has 0 aliphatic carbocycles. The fourth-order valence-corrected chi connectivity index (χ4v) is 4.82. The van der Waals surface area contributed by atoms with Gasteiger partial charge >= 0.3 is 0 Å². The maximum absolute atomic E-state index is 13.3. The molecule has 0 fully saturated rings. The Kier molecular flexibility index (Phi) is 5.38. The number of amides is 1. The number of nitrogens with zero attached hydrogens (tertiary/aromatic N) is 2. The van der Waals surface area contributed by atoms with Gasteiger partial charge in [0.15, 0.2) is 0 Å². The van der Waals surface area contributed by atoms with Crippen molar-refractivity contribution in [2.45, 2.75) is 24.8 Å². The van der Waals surface area contributed by atoms with Crippen molar-refractivity contribution in [2.75, 3.05) is 0 Å². The smallest absolute Gasteiger partial charge is 0.261 e. The SMILES string of the molecule is Cc1nn(-c2ccc(F)cc2)c2sc(C(=O)N[C@@H](C)c3ccc(S(N)(=O)=O)cc3)cc12. The third-order valence-electron chi connectivity index (χ3n) is 4.90. The average molecular weight is 459 g/mol. The lowest BCUT2D eigenvalue weighted by atomic mass is 10.1. The van der Waals surface area contributed by atoms with Gasteiger partial charge in [-0.1, -0.05) is 12.1 Å². The van der Waals surface area contributed by atoms with Crippen molar-refractivity contribution < 1.29 is 17.6 Å². The highest BCUT2D eigenvalue weighted by Gasteiger charge is 2.19. The number of carbonyl (C=O) groups is 1. The minimum absolute atomic E-state index is 0.0140. The van der Waals surface area contributed by atoms with Crippen LogP contribution in [0.25, 0.3) is 15.9 Å². The summed E-state index contributed by atoms with van der Waals surface area (Å²) >= 11 is 1.29. The largest absolute Gasteiger partial charge is 0.345 e. The zero-order chi connectivity index (χ0) is 22.3. The van der Waals surface area contributed by atoms with E-state index in [9.17, 15) is 17.6 Å². The number of fused-ring (bicyclic) bond motifs is 1. The summed E-state index contributed by atoms with van der Waals surface area (Å²) < 4.78 is 37.7. The Hall–Kier alpha value is -3.08. The Morgan fingerprint density at radius 2 is 1.81 bits per heavy atom. The fourth-order valence-electron chi connectivity index (χ4n) is 3.21. The van der Waals surface area contributed by atoms with Crippen molar-refractivity contribution in [1.29, 1.82) is 0 Å². The first kappa shape index (κ1) is 21.2. The average Bonchev–Trinajstić information content (AvgIpc) is 3.29. The Labute approximate surface area is 182 Å². The van der Waals surface area contributed by atoms with Gasteiger partial charge in [0.2, 0.25) is 10.0 Å². The molecule has 31 heavy (non-hydrogen) atoms. The van der Waals surface area contributed by atoms with E-state index in [0.717, 1.165) is 21.5 Å². The lowest BCUT2D eigenvalue weighted by molar-refractivity contribution is 0.0944. The molecule has 0 spiro atoms. The fraction of sp³-hybridized carbons (Fsp3) is 0.143. The molecule has 1 amide bonds. The van der Waals surface area contributed by atoms with Crippen molar-refractivity contribution in [3.05, 3.63) is 76.5 Å². The highest BCUT2D eigenvalue weighted by molar-refractivity contribution is 7.89. The number of rotatable bonds is 5. The second-order valence-corrected chi connectivity index (χ2v) is 9.70. The number of aromatic nitrogens is 2. The van der Waals surface area contributed by atoms with Crippen molar-refractivity contribution in [1.82, 2.24) is 15.1 Å². The third kappa shape index (κ3) is 4.22. The van der Waals surface area contributed by atoms with E-state index in [0.29, 0.717) is 10.6 Å². The molecule has 2 heterocycles. The number of thiophene rings is 1. The van der Waals surface area contributed by atoms with E-state index in [1.54, 1.807) is 35.0 Å². The molecule has 0 saturated heterocycles. The van der Waals surface area contributed by atoms with Crippen LogP contribution in [0.2, 0.25) is 0 Å². The minimum Gasteiger partial charge on any atom is -0.345 e. The van der Waals surface area contributed by atoms with E-state index >= 15 is 0 Å². The van der Waals surface area contributed by atoms with Gasteiger partial charge in [-0.05, 0) is 61.9 Å². The van der Waals surface area contributed by atoms with Gasteiger partial charge in [-0.3, -0.25) is 4.79 Å². The lowest BCUT2D eigenvalue weighted by Gasteiger charge is -2.14. The van der Waals surface area contributed by atoms with Crippen LogP contribution in [0.4, 0.5) is 4.39 Å². The molecule has 160 valence electrons. The molecule has 0 radical (unpaired) electrons. The molecule has 2 aromatic carbocycles. The molecule has 0 unspecified atom stereocenters. The maximum atomic E-state index is 13.3. The molecule has 0 saturated carbocycles. The van der Waals surface area contributed by atoms with Gasteiger partial charge in [0.25, 0.3) is 5.91 Å². The van der Waals surface area contributed by atoms with Crippen molar-refractivity contribution >= 4 is 37.5 Å². The minimum atomic E-state index is -3.77. The monoisotopic (exact) mass is 458 g/mol. The first-order valence-corrected chi connectivity index (χ1v) is 11.7. The zero-order valence-corrected chi connectivity index (χ0v) is 18.3. The zero-order valence-electron chi connectivity index (χ0n) is 16.7. The second kappa shape index (κ2) is 7.88. The summed E-state index contributed by atoms with van der Waals surface area (Å²) in [4.78, 5) is 14.1. The standard InChI is InChI=1S/C21H19FN4O3S2/c1-12(14-3-9-17(10-4-14)31(23,28)29)24-20(27)19-11-18-13(2)25-26(21(18)30-19)16-7-5-15(22)6-8-16/h3-12H,1-2H3,(H,24,27)(H2,23,28,29)/t12-/m0/s1. The molecule has 0 bridgehead atoms. The topological polar surface area (TPSA) is 107 Å². The first-order chi connectivity index (χ1) is 14.6. The van der Waals surface area contributed by atoms with Gasteiger partial charge in [0.05, 0.1) is 27.2 Å². The number of aryl methyl sites for hydroxylation is 1. The Bertz CT molecular complexity index is 1370. The molecule has 4 aromatic rings. The van der Waals surface area contributed by atoms with Crippen LogP contribution in [0.5, 0.6) is 0 Å². The number of hydrogen-bond acceptors (Lipinski definition) is 5. The molecule has 0 aliphatic heterocycles. The predicted molar refractivity (Wildman–Crippen MR) is 117 cm³/mol. The number of nitrogens with one attached hydrogen (secondary N) is 1. The van der Waals surface area contributed by atoms with Gasteiger partial charge in [-0.25, -0.2) is 22.6 Å². The van der Waals surface area contributed by atoms with Crippen LogP contribution in [-0.2, 0) is 10.0 Å². The van der Waals surface area contributed by atoms with Crippen LogP contribution in [0.1, 0.15) is 33.9 Å². The van der Waals surface area contributed by atoms with E-state index in [2.05, 4.69) is 10.4 Å². The van der Waals surface area contributed by atoms with Crippen molar-refractivity contribution in [3.63, 3.8) is 0 Å². The molecule has 3 N–H and O–H groups in total. The molecule has 7 nitrogen and oxygen atoms in total. The molecule has 4 rings (SSSR count). The molecular weight excluding hydrogens is 439 g/mol. The summed E-state index contributed by atoms with van der Waals surface area (Å²) in [6, 6.07) is 13.5. The van der Waals surface area contributed by atoms with Crippen molar-refractivity contribution in [3.8, 4) is 5.69 Å². The Morgan fingerprint density at radius 1 is 1.16 bits per heavy atom. The summed E-state index contributed by atoms with van der Waals surface area (Å²) in [5, 5.41) is 13.4. The highest BCUT2D eigenvalue weighted by Crippen LogP contribution is 2.31. The van der Waals surface area contributed by atoms with Crippen LogP contribution in [0.3, 0.4) is 0 Å². The number of hydrogen-bond donors (Lipinski definition) is 2. The second-order valence-electron chi connectivity index (χ2n) is 7.11. The summed E-state index contributed by atoms with van der Waals surface area (Å²) in [5.74, 6) is -0.588. The summed E-state index contributed by atoms with van der Waals surface area (Å²) in [6.07, 6.45) is 0. The number of carbonyl (C=O) groups excluding carboxylic acids is 1. The summed E-state index contributed by atoms with van der Waals surface area (Å²) in [6.45, 7) is 3.66. The molecule has 10 heteroatoms. The van der Waals surface area contributed by atoms with Gasteiger partial charge in [0.1, 0.15) is 10.6 Å². The van der Waals surface area contributed by atoms with Gasteiger partial charge in [-0.2, -0.15) is 5.10 Å². The number of halogens is 1. The van der Waals surface area contributed by atoms with Crippen LogP contribution in [-0.4, -0.2) is 24.1 Å².